The van der Waals surface area contributed by atoms with E-state index in [0.717, 1.165) is 16.0 Å². The molecule has 0 aromatic heterocycles. The maximum absolute atomic E-state index is 12.9. The van der Waals surface area contributed by atoms with E-state index in [4.69, 9.17) is 4.74 Å². The first-order valence-electron chi connectivity index (χ1n) is 7.70. The van der Waals surface area contributed by atoms with E-state index >= 15 is 0 Å². The molecule has 4 nitrogen and oxygen atoms in total. The van der Waals surface area contributed by atoms with Crippen LogP contribution in [0.1, 0.15) is 27.9 Å². The summed E-state index contributed by atoms with van der Waals surface area (Å²) in [6.07, 6.45) is 3.26. The van der Waals surface area contributed by atoms with Gasteiger partial charge < -0.3 is 9.84 Å². The molecule has 0 fully saturated rings. The summed E-state index contributed by atoms with van der Waals surface area (Å²) in [5, 5.41) is 9.19. The molecule has 2 aromatic carbocycles. The number of aryl methyl sites for hydroxylation is 1. The molecule has 0 bridgehead atoms. The Hall–Kier alpha value is -2.53. The Labute approximate surface area is 151 Å². The minimum absolute atomic E-state index is 0.216. The Morgan fingerprint density at radius 3 is 2.40 bits per heavy atom. The van der Waals surface area contributed by atoms with E-state index in [1.54, 1.807) is 30.0 Å². The molecule has 2 rings (SSSR count). The van der Waals surface area contributed by atoms with Crippen molar-refractivity contribution in [1.82, 2.24) is 0 Å². The molecule has 0 saturated carbocycles. The summed E-state index contributed by atoms with van der Waals surface area (Å²) in [5.74, 6) is -0.950. The van der Waals surface area contributed by atoms with Crippen molar-refractivity contribution < 1.29 is 19.4 Å². The molecule has 0 saturated heterocycles. The van der Waals surface area contributed by atoms with Gasteiger partial charge in [0.05, 0.1) is 19.1 Å². The zero-order valence-electron chi connectivity index (χ0n) is 14.4. The number of hydrogen-bond acceptors (Lipinski definition) is 4. The largest absolute Gasteiger partial charge is 0.496 e. The maximum Gasteiger partial charge on any atom is 0.307 e. The lowest BCUT2D eigenvalue weighted by Crippen LogP contribution is -2.10. The molecule has 0 spiro atoms. The number of benzene rings is 2. The van der Waals surface area contributed by atoms with Crippen LogP contribution >= 0.6 is 11.8 Å². The first-order chi connectivity index (χ1) is 11.9. The molecule has 1 N–H and O–H groups in total. The number of carbonyl (C=O) groups is 2. The van der Waals surface area contributed by atoms with Gasteiger partial charge in [-0.3, -0.25) is 9.59 Å². The number of carboxylic acid groups (broad SMARTS) is 1. The average molecular weight is 356 g/mol. The third kappa shape index (κ3) is 4.97. The minimum atomic E-state index is -1.05. The number of ketones is 1. The molecule has 0 aliphatic heterocycles. The second-order valence-corrected chi connectivity index (χ2v) is 6.43. The van der Waals surface area contributed by atoms with Gasteiger partial charge in [-0.1, -0.05) is 23.8 Å². The molecule has 5 heteroatoms. The van der Waals surface area contributed by atoms with Crippen molar-refractivity contribution in [3.05, 3.63) is 64.7 Å². The molecule has 0 amide bonds. The molecule has 0 unspecified atom stereocenters. The van der Waals surface area contributed by atoms with Gasteiger partial charge in [-0.2, -0.15) is 0 Å². The molecule has 0 aliphatic rings. The number of methoxy groups -OCH3 is 1. The monoisotopic (exact) mass is 356 g/mol. The van der Waals surface area contributed by atoms with Crippen molar-refractivity contribution in [2.24, 2.45) is 0 Å². The van der Waals surface area contributed by atoms with E-state index in [1.807, 2.05) is 43.5 Å². The van der Waals surface area contributed by atoms with E-state index in [0.29, 0.717) is 11.3 Å². The van der Waals surface area contributed by atoms with Gasteiger partial charge in [-0.25, -0.2) is 0 Å². The number of carbonyl (C=O) groups excluding carboxylic acids is 1. The lowest BCUT2D eigenvalue weighted by molar-refractivity contribution is -0.136. The van der Waals surface area contributed by atoms with Crippen molar-refractivity contribution in [2.75, 3.05) is 13.4 Å². The molecular weight excluding hydrogens is 336 g/mol. The van der Waals surface area contributed by atoms with Gasteiger partial charge in [0, 0.05) is 10.5 Å². The third-order valence-corrected chi connectivity index (χ3v) is 4.43. The van der Waals surface area contributed by atoms with Crippen LogP contribution in [-0.4, -0.2) is 30.2 Å². The smallest absolute Gasteiger partial charge is 0.307 e. The van der Waals surface area contributed by atoms with Crippen molar-refractivity contribution >= 4 is 29.6 Å². The minimum Gasteiger partial charge on any atom is -0.496 e. The fourth-order valence-electron chi connectivity index (χ4n) is 2.43. The summed E-state index contributed by atoms with van der Waals surface area (Å²) < 4.78 is 5.26. The number of thioether (sulfide) groups is 1. The fourth-order valence-corrected chi connectivity index (χ4v) is 2.84. The summed E-state index contributed by atoms with van der Waals surface area (Å²) in [4.78, 5) is 25.3. The van der Waals surface area contributed by atoms with Crippen LogP contribution in [0.4, 0.5) is 0 Å². The highest BCUT2D eigenvalue weighted by Gasteiger charge is 2.19. The Bertz CT molecular complexity index is 807. The van der Waals surface area contributed by atoms with E-state index in [2.05, 4.69) is 0 Å². The summed E-state index contributed by atoms with van der Waals surface area (Å²) in [6, 6.07) is 12.9. The maximum atomic E-state index is 12.9. The molecule has 0 atom stereocenters. The van der Waals surface area contributed by atoms with Gasteiger partial charge in [-0.05, 0) is 49.1 Å². The zero-order valence-corrected chi connectivity index (χ0v) is 15.2. The summed E-state index contributed by atoms with van der Waals surface area (Å²) >= 11 is 1.62. The molecule has 25 heavy (non-hydrogen) atoms. The second kappa shape index (κ2) is 8.53. The standard InChI is InChI=1S/C20H20O4S/c1-13-4-9-18(24-2)17(10-13)20(23)15(12-19(21)22)11-14-5-7-16(25-3)8-6-14/h4-11H,12H2,1-3H3,(H,21,22)/b15-11+. The van der Waals surface area contributed by atoms with Crippen LogP contribution in [0.15, 0.2) is 52.9 Å². The number of carboxylic acids is 1. The van der Waals surface area contributed by atoms with Crippen LogP contribution in [0.25, 0.3) is 6.08 Å². The van der Waals surface area contributed by atoms with Gasteiger partial charge in [0.15, 0.2) is 5.78 Å². The molecule has 0 radical (unpaired) electrons. The molecule has 0 aliphatic carbocycles. The van der Waals surface area contributed by atoms with Crippen molar-refractivity contribution in [2.45, 2.75) is 18.2 Å². The Morgan fingerprint density at radius 1 is 1.16 bits per heavy atom. The Kier molecular flexibility index (Phi) is 6.42. The topological polar surface area (TPSA) is 63.6 Å². The number of hydrogen-bond donors (Lipinski definition) is 1. The lowest BCUT2D eigenvalue weighted by Gasteiger charge is -2.10. The Balaban J connectivity index is 2.45. The van der Waals surface area contributed by atoms with Gasteiger partial charge in [0.2, 0.25) is 0 Å². The molecule has 130 valence electrons. The van der Waals surface area contributed by atoms with E-state index < -0.39 is 5.97 Å². The zero-order chi connectivity index (χ0) is 18.4. The normalized spacial score (nSPS) is 11.2. The number of Topliss-reactive ketones (excluding diaryl/α,β-unsaturated/α-hetero) is 1. The third-order valence-electron chi connectivity index (χ3n) is 3.69. The Morgan fingerprint density at radius 2 is 1.84 bits per heavy atom. The van der Waals surface area contributed by atoms with Crippen molar-refractivity contribution in [3.63, 3.8) is 0 Å². The van der Waals surface area contributed by atoms with Crippen LogP contribution in [0.5, 0.6) is 5.75 Å². The highest BCUT2D eigenvalue weighted by atomic mass is 32.2. The molecule has 2 aromatic rings. The molecule has 0 heterocycles. The van der Waals surface area contributed by atoms with Crippen LogP contribution in [0.2, 0.25) is 0 Å². The van der Waals surface area contributed by atoms with Crippen LogP contribution in [0.3, 0.4) is 0 Å². The van der Waals surface area contributed by atoms with E-state index in [1.165, 1.54) is 7.11 Å². The van der Waals surface area contributed by atoms with Gasteiger partial charge in [0.25, 0.3) is 0 Å². The number of aliphatic carboxylic acids is 1. The lowest BCUT2D eigenvalue weighted by atomic mass is 9.96. The van der Waals surface area contributed by atoms with Gasteiger partial charge in [0.1, 0.15) is 5.75 Å². The quantitative estimate of drug-likeness (QED) is 0.451. The first-order valence-corrected chi connectivity index (χ1v) is 8.93. The van der Waals surface area contributed by atoms with E-state index in [9.17, 15) is 14.7 Å². The SMILES string of the molecule is COc1ccc(C)cc1C(=O)/C(=C/c1ccc(SC)cc1)CC(=O)O. The van der Waals surface area contributed by atoms with Crippen molar-refractivity contribution in [3.8, 4) is 5.75 Å². The van der Waals surface area contributed by atoms with Crippen LogP contribution in [0, 0.1) is 6.92 Å². The van der Waals surface area contributed by atoms with Crippen molar-refractivity contribution in [1.29, 1.82) is 0 Å². The summed E-state index contributed by atoms with van der Waals surface area (Å²) in [7, 11) is 1.49. The first kappa shape index (κ1) is 18.8. The molecular formula is C20H20O4S. The predicted octanol–water partition coefficient (Wildman–Crippen LogP) is 4.47. The van der Waals surface area contributed by atoms with Gasteiger partial charge >= 0.3 is 5.97 Å². The van der Waals surface area contributed by atoms with Crippen LogP contribution < -0.4 is 4.74 Å². The predicted molar refractivity (Wildman–Crippen MR) is 101 cm³/mol. The summed E-state index contributed by atoms with van der Waals surface area (Å²) in [5.41, 5.74) is 2.28. The second-order valence-electron chi connectivity index (χ2n) is 5.55. The number of rotatable bonds is 7. The van der Waals surface area contributed by atoms with Crippen LogP contribution in [-0.2, 0) is 4.79 Å². The number of ether oxygens (including phenoxy) is 1. The highest BCUT2D eigenvalue weighted by molar-refractivity contribution is 7.98. The average Bonchev–Trinajstić information content (AvgIpc) is 2.60. The fraction of sp³-hybridized carbons (Fsp3) is 0.200. The summed E-state index contributed by atoms with van der Waals surface area (Å²) in [6.45, 7) is 1.87. The highest BCUT2D eigenvalue weighted by Crippen LogP contribution is 2.25. The van der Waals surface area contributed by atoms with E-state index in [-0.39, 0.29) is 17.8 Å². The van der Waals surface area contributed by atoms with Gasteiger partial charge in [-0.15, -0.1) is 11.8 Å².